The first-order valence-electron chi connectivity index (χ1n) is 7.67. The van der Waals surface area contributed by atoms with E-state index < -0.39 is 0 Å². The maximum Gasteiger partial charge on any atom is 0.255 e. The Morgan fingerprint density at radius 2 is 2.15 bits per heavy atom. The van der Waals surface area contributed by atoms with Gasteiger partial charge in [0.25, 0.3) is 5.91 Å². The molecule has 26 heavy (non-hydrogen) atoms. The molecule has 3 aromatic rings. The molecule has 1 aromatic carbocycles. The minimum Gasteiger partial charge on any atom is -0.352 e. The average Bonchev–Trinajstić information content (AvgIpc) is 3.06. The van der Waals surface area contributed by atoms with Crippen LogP contribution in [-0.4, -0.2) is 26.9 Å². The predicted molar refractivity (Wildman–Crippen MR) is 97.7 cm³/mol. The van der Waals surface area contributed by atoms with Gasteiger partial charge < -0.3 is 16.0 Å². The van der Waals surface area contributed by atoms with E-state index in [0.29, 0.717) is 22.5 Å². The van der Waals surface area contributed by atoms with Crippen LogP contribution in [-0.2, 0) is 7.05 Å². The first-order chi connectivity index (χ1) is 12.6. The molecule has 1 amide bonds. The van der Waals surface area contributed by atoms with Crippen molar-refractivity contribution in [1.29, 1.82) is 10.7 Å². The molecule has 0 saturated carbocycles. The van der Waals surface area contributed by atoms with E-state index in [-0.39, 0.29) is 11.6 Å². The van der Waals surface area contributed by atoms with Crippen molar-refractivity contribution in [3.8, 4) is 6.07 Å². The molecule has 3 rings (SSSR count). The number of nitriles is 1. The molecule has 2 aromatic heterocycles. The standard InChI is InChI=1S/C18H15N7O/c1-25-11-16(10-22-25)23-17-7-14(3-2-13(17)8-19)24-18(26)12-4-5-21-15(6-12)9-20/h2-8,10-11,19,23H,1H3,(H,24,26). The number of aryl methyl sites for hydroxylation is 1. The quantitative estimate of drug-likeness (QED) is 0.614. The lowest BCUT2D eigenvalue weighted by Gasteiger charge is -2.11. The number of hydrogen-bond acceptors (Lipinski definition) is 6. The normalized spacial score (nSPS) is 10.0. The summed E-state index contributed by atoms with van der Waals surface area (Å²) in [4.78, 5) is 16.2. The Bertz CT molecular complexity index is 1020. The van der Waals surface area contributed by atoms with Crippen molar-refractivity contribution >= 4 is 29.2 Å². The van der Waals surface area contributed by atoms with Crippen molar-refractivity contribution in [2.75, 3.05) is 10.6 Å². The summed E-state index contributed by atoms with van der Waals surface area (Å²) in [5.41, 5.74) is 3.18. The van der Waals surface area contributed by atoms with Gasteiger partial charge in [-0.2, -0.15) is 10.4 Å². The number of nitrogens with zero attached hydrogens (tertiary/aromatic N) is 4. The van der Waals surface area contributed by atoms with Crippen LogP contribution in [0.25, 0.3) is 0 Å². The molecule has 0 saturated heterocycles. The summed E-state index contributed by atoms with van der Waals surface area (Å²) >= 11 is 0. The van der Waals surface area contributed by atoms with E-state index >= 15 is 0 Å². The molecule has 128 valence electrons. The zero-order valence-corrected chi connectivity index (χ0v) is 13.9. The van der Waals surface area contributed by atoms with E-state index in [1.807, 2.05) is 13.1 Å². The van der Waals surface area contributed by atoms with Crippen molar-refractivity contribution in [3.63, 3.8) is 0 Å². The number of anilines is 3. The zero-order valence-electron chi connectivity index (χ0n) is 13.9. The van der Waals surface area contributed by atoms with Crippen LogP contribution in [0.2, 0.25) is 0 Å². The fourth-order valence-corrected chi connectivity index (χ4v) is 2.35. The number of benzene rings is 1. The summed E-state index contributed by atoms with van der Waals surface area (Å²) < 4.78 is 1.66. The first kappa shape index (κ1) is 16.9. The molecule has 0 unspecified atom stereocenters. The SMILES string of the molecule is Cn1cc(Nc2cc(NC(=O)c3ccnc(C#N)c3)ccc2C=N)cn1. The highest BCUT2D eigenvalue weighted by molar-refractivity contribution is 6.05. The summed E-state index contributed by atoms with van der Waals surface area (Å²) in [6.45, 7) is 0. The Hall–Kier alpha value is -3.99. The highest BCUT2D eigenvalue weighted by Crippen LogP contribution is 2.24. The third kappa shape index (κ3) is 3.73. The van der Waals surface area contributed by atoms with E-state index in [1.165, 1.54) is 24.5 Å². The summed E-state index contributed by atoms with van der Waals surface area (Å²) in [7, 11) is 1.81. The van der Waals surface area contributed by atoms with Crippen LogP contribution in [0.5, 0.6) is 0 Å². The van der Waals surface area contributed by atoms with Gasteiger partial charge in [0, 0.05) is 48.2 Å². The number of carbonyl (C=O) groups excluding carboxylic acids is 1. The fraction of sp³-hybridized carbons (Fsp3) is 0.0556. The molecule has 0 atom stereocenters. The molecular weight excluding hydrogens is 330 g/mol. The Balaban J connectivity index is 1.84. The second-order valence-corrected chi connectivity index (χ2v) is 5.47. The highest BCUT2D eigenvalue weighted by atomic mass is 16.1. The Morgan fingerprint density at radius 3 is 2.85 bits per heavy atom. The number of rotatable bonds is 5. The summed E-state index contributed by atoms with van der Waals surface area (Å²) in [6, 6.07) is 10.0. The maximum atomic E-state index is 12.4. The number of aromatic nitrogens is 3. The largest absolute Gasteiger partial charge is 0.352 e. The minimum atomic E-state index is -0.348. The predicted octanol–water partition coefficient (Wildman–Crippen LogP) is 2.68. The lowest BCUT2D eigenvalue weighted by Crippen LogP contribution is -2.12. The van der Waals surface area contributed by atoms with Gasteiger partial charge in [0.2, 0.25) is 0 Å². The molecule has 0 radical (unpaired) electrons. The Labute approximate surface area is 149 Å². The van der Waals surface area contributed by atoms with E-state index in [0.717, 1.165) is 5.69 Å². The molecule has 0 fully saturated rings. The second kappa shape index (κ2) is 7.27. The number of hydrogen-bond donors (Lipinski definition) is 3. The number of nitrogens with one attached hydrogen (secondary N) is 3. The van der Waals surface area contributed by atoms with Gasteiger partial charge in [-0.05, 0) is 30.3 Å². The topological polar surface area (TPSA) is 119 Å². The van der Waals surface area contributed by atoms with Crippen LogP contribution >= 0.6 is 0 Å². The van der Waals surface area contributed by atoms with Crippen molar-refractivity contribution in [2.24, 2.45) is 7.05 Å². The van der Waals surface area contributed by atoms with Crippen molar-refractivity contribution in [3.05, 3.63) is 65.7 Å². The Morgan fingerprint density at radius 1 is 1.31 bits per heavy atom. The average molecular weight is 345 g/mol. The first-order valence-corrected chi connectivity index (χ1v) is 7.67. The van der Waals surface area contributed by atoms with Gasteiger partial charge in [0.1, 0.15) is 11.8 Å². The van der Waals surface area contributed by atoms with Crippen molar-refractivity contribution in [2.45, 2.75) is 0 Å². The smallest absolute Gasteiger partial charge is 0.255 e. The minimum absolute atomic E-state index is 0.177. The van der Waals surface area contributed by atoms with Crippen molar-refractivity contribution in [1.82, 2.24) is 14.8 Å². The molecule has 8 nitrogen and oxygen atoms in total. The van der Waals surface area contributed by atoms with Crippen molar-refractivity contribution < 1.29 is 4.79 Å². The third-order valence-corrected chi connectivity index (χ3v) is 3.59. The van der Waals surface area contributed by atoms with Gasteiger partial charge in [0.15, 0.2) is 0 Å². The molecule has 0 bridgehead atoms. The summed E-state index contributed by atoms with van der Waals surface area (Å²) in [5, 5.41) is 26.5. The summed E-state index contributed by atoms with van der Waals surface area (Å²) in [6.07, 6.45) is 6.12. The molecule has 0 aliphatic rings. The second-order valence-electron chi connectivity index (χ2n) is 5.47. The number of pyridine rings is 1. The molecular formula is C18H15N7O. The lowest BCUT2D eigenvalue weighted by molar-refractivity contribution is 0.102. The van der Waals surface area contributed by atoms with Gasteiger partial charge in [-0.1, -0.05) is 0 Å². The van der Waals surface area contributed by atoms with Crippen LogP contribution in [0.1, 0.15) is 21.6 Å². The molecule has 0 spiro atoms. The molecule has 2 heterocycles. The van der Waals surface area contributed by atoms with Crippen LogP contribution in [0.4, 0.5) is 17.1 Å². The van der Waals surface area contributed by atoms with Crippen LogP contribution in [0.15, 0.2) is 48.9 Å². The van der Waals surface area contributed by atoms with Crippen LogP contribution < -0.4 is 10.6 Å². The van der Waals surface area contributed by atoms with Crippen LogP contribution in [0, 0.1) is 16.7 Å². The molecule has 0 aliphatic heterocycles. The van der Waals surface area contributed by atoms with Gasteiger partial charge in [0.05, 0.1) is 11.9 Å². The Kier molecular flexibility index (Phi) is 4.71. The lowest BCUT2D eigenvalue weighted by atomic mass is 10.1. The zero-order chi connectivity index (χ0) is 18.5. The molecule has 8 heteroatoms. The van der Waals surface area contributed by atoms with Gasteiger partial charge in [-0.25, -0.2) is 4.98 Å². The fourth-order valence-electron chi connectivity index (χ4n) is 2.35. The summed E-state index contributed by atoms with van der Waals surface area (Å²) in [5.74, 6) is -0.348. The maximum absolute atomic E-state index is 12.4. The number of amides is 1. The van der Waals surface area contributed by atoms with Crippen LogP contribution in [0.3, 0.4) is 0 Å². The van der Waals surface area contributed by atoms with E-state index in [9.17, 15) is 4.79 Å². The van der Waals surface area contributed by atoms with E-state index in [4.69, 9.17) is 10.7 Å². The highest BCUT2D eigenvalue weighted by Gasteiger charge is 2.10. The van der Waals surface area contributed by atoms with Gasteiger partial charge >= 0.3 is 0 Å². The third-order valence-electron chi connectivity index (χ3n) is 3.59. The molecule has 0 aliphatic carbocycles. The number of carbonyl (C=O) groups is 1. The van der Waals surface area contributed by atoms with E-state index in [1.54, 1.807) is 35.3 Å². The van der Waals surface area contributed by atoms with Gasteiger partial charge in [-0.3, -0.25) is 9.48 Å². The van der Waals surface area contributed by atoms with Gasteiger partial charge in [-0.15, -0.1) is 0 Å². The van der Waals surface area contributed by atoms with E-state index in [2.05, 4.69) is 20.7 Å². The monoisotopic (exact) mass is 345 g/mol. The molecule has 3 N–H and O–H groups in total.